The third-order valence-corrected chi connectivity index (χ3v) is 3.95. The Labute approximate surface area is 121 Å². The van der Waals surface area contributed by atoms with Crippen molar-refractivity contribution in [1.29, 1.82) is 0 Å². The number of benzene rings is 2. The standard InChI is InChI=1S/C14H12BFN2OS/c1-20-11-5-2-4-10(8-11)18-15(19)13-6-3-7-14(16)12(13)9-17-18/h2-9,19H,1H3. The number of hydrogen-bond donors (Lipinski definition) is 1. The minimum absolute atomic E-state index is 0.345. The van der Waals surface area contributed by atoms with Gasteiger partial charge in [0, 0.05) is 16.1 Å². The summed E-state index contributed by atoms with van der Waals surface area (Å²) in [5.74, 6) is -0.372. The molecule has 0 saturated carbocycles. The minimum Gasteiger partial charge on any atom is -0.427 e. The van der Waals surface area contributed by atoms with Crippen LogP contribution < -0.4 is 10.4 Å². The third kappa shape index (κ3) is 2.21. The summed E-state index contributed by atoms with van der Waals surface area (Å²) in [4.78, 5) is 2.57. The molecule has 0 aliphatic carbocycles. The molecule has 6 heteroatoms. The van der Waals surface area contributed by atoms with Crippen LogP contribution in [0.25, 0.3) is 0 Å². The Morgan fingerprint density at radius 3 is 2.85 bits per heavy atom. The largest absolute Gasteiger partial charge is 0.471 e. The van der Waals surface area contributed by atoms with Crippen molar-refractivity contribution in [3.8, 4) is 0 Å². The van der Waals surface area contributed by atoms with E-state index in [1.165, 1.54) is 17.2 Å². The predicted octanol–water partition coefficient (Wildman–Crippen LogP) is 2.09. The zero-order valence-electron chi connectivity index (χ0n) is 10.8. The molecule has 20 heavy (non-hydrogen) atoms. The van der Waals surface area contributed by atoms with Crippen molar-refractivity contribution in [3.63, 3.8) is 0 Å². The van der Waals surface area contributed by atoms with Crippen molar-refractivity contribution in [2.45, 2.75) is 4.90 Å². The number of hydrogen-bond acceptors (Lipinski definition) is 4. The van der Waals surface area contributed by atoms with E-state index in [-0.39, 0.29) is 5.82 Å². The second-order valence-corrected chi connectivity index (χ2v) is 5.29. The molecule has 0 atom stereocenters. The Morgan fingerprint density at radius 2 is 2.05 bits per heavy atom. The topological polar surface area (TPSA) is 35.8 Å². The van der Waals surface area contributed by atoms with E-state index >= 15 is 0 Å². The smallest absolute Gasteiger partial charge is 0.427 e. The van der Waals surface area contributed by atoms with Gasteiger partial charge in [-0.1, -0.05) is 18.2 Å². The Morgan fingerprint density at radius 1 is 1.25 bits per heavy atom. The Kier molecular flexibility index (Phi) is 3.50. The summed E-state index contributed by atoms with van der Waals surface area (Å²) in [6.07, 6.45) is 3.43. The van der Waals surface area contributed by atoms with Gasteiger partial charge in [-0.15, -0.1) is 11.8 Å². The molecule has 0 amide bonds. The molecule has 3 nitrogen and oxygen atoms in total. The van der Waals surface area contributed by atoms with E-state index in [0.717, 1.165) is 10.6 Å². The first-order valence-electron chi connectivity index (χ1n) is 6.14. The van der Waals surface area contributed by atoms with Gasteiger partial charge in [-0.05, 0) is 36.0 Å². The molecular weight excluding hydrogens is 274 g/mol. The Hall–Kier alpha value is -1.79. The molecule has 2 aromatic rings. The summed E-state index contributed by atoms with van der Waals surface area (Å²) in [6, 6.07) is 12.4. The van der Waals surface area contributed by atoms with E-state index in [1.807, 2.05) is 30.5 Å². The van der Waals surface area contributed by atoms with Gasteiger partial charge >= 0.3 is 7.05 Å². The molecule has 2 aromatic carbocycles. The zero-order chi connectivity index (χ0) is 14.1. The van der Waals surface area contributed by atoms with Crippen LogP contribution in [0, 0.1) is 5.82 Å². The van der Waals surface area contributed by atoms with E-state index in [2.05, 4.69) is 5.10 Å². The lowest BCUT2D eigenvalue weighted by Crippen LogP contribution is -2.50. The normalized spacial score (nSPS) is 13.6. The maximum absolute atomic E-state index is 13.7. The first-order chi connectivity index (χ1) is 9.70. The van der Waals surface area contributed by atoms with Crippen molar-refractivity contribution in [3.05, 3.63) is 53.8 Å². The van der Waals surface area contributed by atoms with Crippen LogP contribution in [0.2, 0.25) is 0 Å². The number of thioether (sulfide) groups is 1. The van der Waals surface area contributed by atoms with Gasteiger partial charge in [0.05, 0.1) is 6.21 Å². The molecule has 1 N–H and O–H groups in total. The number of hydrazone groups is 1. The van der Waals surface area contributed by atoms with Gasteiger partial charge in [0.1, 0.15) is 5.82 Å². The van der Waals surface area contributed by atoms with E-state index < -0.39 is 7.05 Å². The van der Waals surface area contributed by atoms with Gasteiger partial charge in [-0.3, -0.25) is 4.92 Å². The summed E-state index contributed by atoms with van der Waals surface area (Å²) < 4.78 is 13.7. The monoisotopic (exact) mass is 286 g/mol. The Balaban J connectivity index is 2.02. The summed E-state index contributed by atoms with van der Waals surface area (Å²) in [5.41, 5.74) is 1.64. The van der Waals surface area contributed by atoms with Crippen molar-refractivity contribution >= 4 is 36.2 Å². The Bertz CT molecular complexity index is 680. The summed E-state index contributed by atoms with van der Waals surface area (Å²) >= 11 is 1.62. The first-order valence-corrected chi connectivity index (χ1v) is 7.37. The molecule has 0 saturated heterocycles. The van der Waals surface area contributed by atoms with Crippen LogP contribution in [-0.4, -0.2) is 24.5 Å². The summed E-state index contributed by atoms with van der Waals surface area (Å²) in [7, 11) is -0.984. The van der Waals surface area contributed by atoms with Crippen molar-refractivity contribution in [1.82, 2.24) is 0 Å². The fraction of sp³-hybridized carbons (Fsp3) is 0.0714. The molecule has 1 aliphatic heterocycles. The fourth-order valence-corrected chi connectivity index (χ4v) is 2.64. The maximum atomic E-state index is 13.7. The minimum atomic E-state index is -0.984. The molecule has 1 heterocycles. The lowest BCUT2D eigenvalue weighted by atomic mass is 9.69. The van der Waals surface area contributed by atoms with Crippen LogP contribution in [0.15, 0.2) is 52.5 Å². The molecule has 1 aliphatic rings. The molecular formula is C14H12BFN2OS. The molecule has 0 radical (unpaired) electrons. The van der Waals surface area contributed by atoms with Crippen LogP contribution >= 0.6 is 11.8 Å². The van der Waals surface area contributed by atoms with E-state index in [0.29, 0.717) is 11.0 Å². The van der Waals surface area contributed by atoms with Crippen molar-refractivity contribution in [2.24, 2.45) is 5.10 Å². The van der Waals surface area contributed by atoms with E-state index in [1.54, 1.807) is 23.9 Å². The van der Waals surface area contributed by atoms with E-state index in [4.69, 9.17) is 0 Å². The molecule has 0 spiro atoms. The number of nitrogens with zero attached hydrogens (tertiary/aromatic N) is 2. The molecule has 0 fully saturated rings. The highest BCUT2D eigenvalue weighted by atomic mass is 32.2. The lowest BCUT2D eigenvalue weighted by molar-refractivity contribution is 0.575. The molecule has 100 valence electrons. The van der Waals surface area contributed by atoms with Gasteiger partial charge < -0.3 is 5.02 Å². The highest BCUT2D eigenvalue weighted by Crippen LogP contribution is 2.24. The van der Waals surface area contributed by atoms with Gasteiger partial charge in [-0.2, -0.15) is 5.10 Å². The molecule has 0 aromatic heterocycles. The lowest BCUT2D eigenvalue weighted by Gasteiger charge is -2.27. The van der Waals surface area contributed by atoms with Crippen LogP contribution in [0.5, 0.6) is 0 Å². The van der Waals surface area contributed by atoms with Crippen molar-refractivity contribution < 1.29 is 9.41 Å². The first kappa shape index (κ1) is 13.2. The van der Waals surface area contributed by atoms with Crippen molar-refractivity contribution in [2.75, 3.05) is 11.2 Å². The number of anilines is 1. The van der Waals surface area contributed by atoms with Crippen LogP contribution in [0.3, 0.4) is 0 Å². The van der Waals surface area contributed by atoms with Gasteiger partial charge in [0.2, 0.25) is 0 Å². The van der Waals surface area contributed by atoms with Crippen LogP contribution in [0.1, 0.15) is 5.56 Å². The SMILES string of the molecule is CSc1cccc(N2N=Cc3c(F)cccc3B2O)c1. The second kappa shape index (κ2) is 5.30. The molecule has 0 bridgehead atoms. The zero-order valence-corrected chi connectivity index (χ0v) is 11.6. The average Bonchev–Trinajstić information content (AvgIpc) is 2.48. The predicted molar refractivity (Wildman–Crippen MR) is 82.3 cm³/mol. The quantitative estimate of drug-likeness (QED) is 0.678. The molecule has 0 unspecified atom stereocenters. The van der Waals surface area contributed by atoms with Gasteiger partial charge in [0.15, 0.2) is 0 Å². The highest BCUT2D eigenvalue weighted by Gasteiger charge is 2.31. The third-order valence-electron chi connectivity index (χ3n) is 3.23. The maximum Gasteiger partial charge on any atom is 0.471 e. The van der Waals surface area contributed by atoms with Crippen LogP contribution in [-0.2, 0) is 0 Å². The highest BCUT2D eigenvalue weighted by molar-refractivity contribution is 7.98. The van der Waals surface area contributed by atoms with E-state index in [9.17, 15) is 9.41 Å². The van der Waals surface area contributed by atoms with Crippen LogP contribution in [0.4, 0.5) is 10.1 Å². The van der Waals surface area contributed by atoms with Gasteiger partial charge in [-0.25, -0.2) is 4.39 Å². The van der Waals surface area contributed by atoms with Gasteiger partial charge in [0.25, 0.3) is 0 Å². The fourth-order valence-electron chi connectivity index (χ4n) is 2.19. The molecule has 3 rings (SSSR count). The average molecular weight is 286 g/mol. The number of halogens is 1. The number of fused-ring (bicyclic) bond motifs is 1. The number of rotatable bonds is 2. The summed E-state index contributed by atoms with van der Waals surface area (Å²) in [5, 5.41) is 14.6. The second-order valence-electron chi connectivity index (χ2n) is 4.41. The summed E-state index contributed by atoms with van der Waals surface area (Å²) in [6.45, 7) is 0.